The number of carbonyl (C=O) groups is 4. The molecule has 3 aliphatic heterocycles. The highest BCUT2D eigenvalue weighted by Gasteiger charge is 2.57. The summed E-state index contributed by atoms with van der Waals surface area (Å²) >= 11 is 5.39. The molecule has 13 atom stereocenters. The second-order valence-electron chi connectivity index (χ2n) is 16.0. The first kappa shape index (κ1) is 44.2. The summed E-state index contributed by atoms with van der Waals surface area (Å²) in [5.41, 5.74) is -1.32. The molecular formula is C40H59N3O11S. The SMILES string of the molecule is CC[C@H]1OC(=O)[C@H](C)C(=O)[C@H](C)[C@@H](O[C@@H]2O[C@H](C)C[C@H](N(C)C)[C@H]2O)[C@](C)(OC(=O)OC/C=C/c2ccc(C)nc2)C[C@@H](C)C(=O)[C@H](C)[C@H]2NC(=S)O[C@@]21C. The summed E-state index contributed by atoms with van der Waals surface area (Å²) < 4.78 is 36.4. The van der Waals surface area contributed by atoms with Crippen molar-refractivity contribution in [3.8, 4) is 0 Å². The van der Waals surface area contributed by atoms with Crippen LogP contribution in [0.2, 0.25) is 0 Å². The molecule has 3 saturated heterocycles. The number of carbonyl (C=O) groups excluding carboxylic acids is 4. The van der Waals surface area contributed by atoms with Crippen LogP contribution in [0.15, 0.2) is 24.4 Å². The van der Waals surface area contributed by atoms with E-state index in [-0.39, 0.29) is 36.1 Å². The van der Waals surface area contributed by atoms with Gasteiger partial charge in [-0.15, -0.1) is 0 Å². The van der Waals surface area contributed by atoms with Crippen molar-refractivity contribution in [1.29, 1.82) is 0 Å². The van der Waals surface area contributed by atoms with Crippen LogP contribution in [0.4, 0.5) is 4.79 Å². The molecule has 3 aliphatic rings. The first-order valence-electron chi connectivity index (χ1n) is 19.1. The Labute approximate surface area is 330 Å². The predicted molar refractivity (Wildman–Crippen MR) is 207 cm³/mol. The lowest BCUT2D eigenvalue weighted by Crippen LogP contribution is -2.60. The zero-order valence-corrected chi connectivity index (χ0v) is 34.7. The molecule has 0 saturated carbocycles. The molecule has 0 radical (unpaired) electrons. The van der Waals surface area contributed by atoms with Gasteiger partial charge in [0.1, 0.15) is 42.2 Å². The number of rotatable bonds is 8. The second-order valence-corrected chi connectivity index (χ2v) is 16.3. The highest BCUT2D eigenvalue weighted by Crippen LogP contribution is 2.40. The smallest absolute Gasteiger partial charge is 0.459 e. The molecule has 0 spiro atoms. The average Bonchev–Trinajstić information content (AvgIpc) is 3.44. The van der Waals surface area contributed by atoms with Crippen molar-refractivity contribution < 1.29 is 52.7 Å². The summed E-state index contributed by atoms with van der Waals surface area (Å²) in [5.74, 6) is -5.56. The van der Waals surface area contributed by atoms with Crippen LogP contribution in [-0.2, 0) is 42.8 Å². The largest absolute Gasteiger partial charge is 0.509 e. The Morgan fingerprint density at radius 2 is 1.80 bits per heavy atom. The number of esters is 1. The minimum atomic E-state index is -1.75. The van der Waals surface area contributed by atoms with Gasteiger partial charge in [-0.3, -0.25) is 19.4 Å². The van der Waals surface area contributed by atoms with E-state index in [1.807, 2.05) is 51.9 Å². The Morgan fingerprint density at radius 1 is 1.11 bits per heavy atom. The van der Waals surface area contributed by atoms with Crippen LogP contribution in [0.1, 0.15) is 85.9 Å². The van der Waals surface area contributed by atoms with Gasteiger partial charge in [0, 0.05) is 35.7 Å². The molecule has 0 amide bonds. The van der Waals surface area contributed by atoms with Crippen molar-refractivity contribution in [1.82, 2.24) is 15.2 Å². The van der Waals surface area contributed by atoms with Gasteiger partial charge >= 0.3 is 12.1 Å². The third-order valence-electron chi connectivity index (χ3n) is 11.3. The van der Waals surface area contributed by atoms with Crippen molar-refractivity contribution in [2.24, 2.45) is 23.7 Å². The maximum absolute atomic E-state index is 14.4. The van der Waals surface area contributed by atoms with Gasteiger partial charge in [0.2, 0.25) is 0 Å². The Bertz CT molecular complexity index is 1590. The minimum absolute atomic E-state index is 0.0599. The van der Waals surface area contributed by atoms with Gasteiger partial charge < -0.3 is 43.7 Å². The van der Waals surface area contributed by atoms with Crippen LogP contribution in [0, 0.1) is 30.6 Å². The van der Waals surface area contributed by atoms with Crippen LogP contribution in [0.5, 0.6) is 0 Å². The van der Waals surface area contributed by atoms with Crippen molar-refractivity contribution in [2.75, 3.05) is 20.7 Å². The number of hydrogen-bond acceptors (Lipinski definition) is 14. The predicted octanol–water partition coefficient (Wildman–Crippen LogP) is 4.57. The van der Waals surface area contributed by atoms with E-state index in [9.17, 15) is 24.3 Å². The maximum Gasteiger partial charge on any atom is 0.509 e. The molecule has 14 nitrogen and oxygen atoms in total. The van der Waals surface area contributed by atoms with E-state index in [2.05, 4.69) is 10.3 Å². The molecule has 306 valence electrons. The van der Waals surface area contributed by atoms with E-state index in [0.717, 1.165) is 11.3 Å². The summed E-state index contributed by atoms with van der Waals surface area (Å²) in [7, 11) is 3.66. The van der Waals surface area contributed by atoms with Crippen LogP contribution >= 0.6 is 12.2 Å². The number of Topliss-reactive ketones (excluding diaryl/α,β-unsaturated/α-hetero) is 2. The Balaban J connectivity index is 1.77. The van der Waals surface area contributed by atoms with Crippen molar-refractivity contribution in [3.05, 3.63) is 35.7 Å². The van der Waals surface area contributed by atoms with Gasteiger partial charge in [0.15, 0.2) is 17.7 Å². The highest BCUT2D eigenvalue weighted by atomic mass is 32.1. The number of aromatic nitrogens is 1. The molecule has 0 aliphatic carbocycles. The lowest BCUT2D eigenvalue weighted by atomic mass is 9.73. The molecule has 0 unspecified atom stereocenters. The zero-order valence-electron chi connectivity index (χ0n) is 33.9. The lowest BCUT2D eigenvalue weighted by Gasteiger charge is -2.46. The van der Waals surface area contributed by atoms with Crippen LogP contribution in [0.25, 0.3) is 6.08 Å². The summed E-state index contributed by atoms with van der Waals surface area (Å²) in [5, 5.41) is 14.7. The van der Waals surface area contributed by atoms with Gasteiger partial charge in [-0.05, 0) is 97.9 Å². The van der Waals surface area contributed by atoms with Crippen LogP contribution in [0.3, 0.4) is 0 Å². The normalized spacial score (nSPS) is 37.8. The Hall–Kier alpha value is -3.50. The van der Waals surface area contributed by atoms with Crippen molar-refractivity contribution >= 4 is 47.2 Å². The number of ether oxygens (including phenoxy) is 6. The van der Waals surface area contributed by atoms with Crippen LogP contribution in [-0.4, -0.2) is 119 Å². The second kappa shape index (κ2) is 18.2. The molecule has 1 aromatic heterocycles. The van der Waals surface area contributed by atoms with Gasteiger partial charge in [-0.1, -0.05) is 39.8 Å². The van der Waals surface area contributed by atoms with Crippen LogP contribution < -0.4 is 5.32 Å². The molecule has 55 heavy (non-hydrogen) atoms. The van der Waals surface area contributed by atoms with Gasteiger partial charge in [-0.2, -0.15) is 0 Å². The first-order chi connectivity index (χ1) is 25.7. The fraction of sp³-hybridized carbons (Fsp3) is 0.700. The van der Waals surface area contributed by atoms with Crippen molar-refractivity contribution in [2.45, 2.75) is 136 Å². The number of fused-ring (bicyclic) bond motifs is 1. The molecule has 0 aromatic carbocycles. The molecule has 4 rings (SSSR count). The summed E-state index contributed by atoms with van der Waals surface area (Å²) in [6.45, 7) is 15.1. The molecular weight excluding hydrogens is 731 g/mol. The van der Waals surface area contributed by atoms with Crippen molar-refractivity contribution in [3.63, 3.8) is 0 Å². The quantitative estimate of drug-likeness (QED) is 0.213. The summed E-state index contributed by atoms with van der Waals surface area (Å²) in [6.07, 6.45) is -0.314. The Morgan fingerprint density at radius 3 is 2.42 bits per heavy atom. The maximum atomic E-state index is 14.4. The number of cyclic esters (lactones) is 1. The molecule has 15 heteroatoms. The van der Waals surface area contributed by atoms with Gasteiger partial charge in [0.25, 0.3) is 5.17 Å². The number of ketones is 2. The monoisotopic (exact) mass is 789 g/mol. The van der Waals surface area contributed by atoms with E-state index in [4.69, 9.17) is 40.6 Å². The number of nitrogens with zero attached hydrogens (tertiary/aromatic N) is 2. The number of likely N-dealkylation sites (N-methyl/N-ethyl adjacent to an activating group) is 1. The molecule has 2 N–H and O–H groups in total. The van der Waals surface area contributed by atoms with Gasteiger partial charge in [0.05, 0.1) is 12.1 Å². The first-order valence-corrected chi connectivity index (χ1v) is 19.5. The number of pyridine rings is 1. The minimum Gasteiger partial charge on any atom is -0.459 e. The van der Waals surface area contributed by atoms with E-state index >= 15 is 0 Å². The summed E-state index contributed by atoms with van der Waals surface area (Å²) in [4.78, 5) is 62.3. The molecule has 0 bridgehead atoms. The number of thiocarbonyl (C=S) groups is 1. The number of nitrogens with one attached hydrogen (secondary N) is 1. The van der Waals surface area contributed by atoms with E-state index < -0.39 is 83.4 Å². The standard InChI is InChI=1S/C40H59N3O11S/c1-12-29-40(9)33(42-37(55)53-40)24(5)30(44)21(2)19-39(8,54-38(48)49-17-13-14-27-16-15-22(3)41-20-27)34(25(6)31(45)26(7)35(47)51-29)52-36-32(46)28(43(10)11)18-23(4)50-36/h13-16,20-21,23-26,28-29,32-34,36,46H,12,17-19H2,1-11H3,(H,42,55)/b14-13+/t21-,23-,24+,25+,26-,28+,29-,32-,33-,34-,36+,39-,40-/m1/s1. The fourth-order valence-corrected chi connectivity index (χ4v) is 8.49. The third-order valence-corrected chi connectivity index (χ3v) is 11.5. The molecule has 4 heterocycles. The summed E-state index contributed by atoms with van der Waals surface area (Å²) in [6, 6.07) is 2.67. The average molecular weight is 790 g/mol. The number of aryl methyl sites for hydroxylation is 1. The fourth-order valence-electron chi connectivity index (χ4n) is 8.18. The highest BCUT2D eigenvalue weighted by molar-refractivity contribution is 7.80. The lowest BCUT2D eigenvalue weighted by molar-refractivity contribution is -0.293. The van der Waals surface area contributed by atoms with Gasteiger partial charge in [-0.25, -0.2) is 4.79 Å². The topological polar surface area (TPSA) is 172 Å². The zero-order chi connectivity index (χ0) is 41.0. The van der Waals surface area contributed by atoms with E-state index in [0.29, 0.717) is 12.8 Å². The Kier molecular flexibility index (Phi) is 14.6. The number of aliphatic hydroxyl groups excluding tert-OH is 1. The van der Waals surface area contributed by atoms with E-state index in [1.165, 1.54) is 6.92 Å². The van der Waals surface area contributed by atoms with E-state index in [1.54, 1.807) is 53.0 Å². The molecule has 1 aromatic rings. The number of hydrogen-bond donors (Lipinski definition) is 2. The molecule has 3 fully saturated rings. The number of aliphatic hydroxyl groups is 1. The third kappa shape index (κ3) is 10.1.